The van der Waals surface area contributed by atoms with Crippen LogP contribution in [0.3, 0.4) is 0 Å². The minimum atomic E-state index is -0.498. The van der Waals surface area contributed by atoms with E-state index in [1.54, 1.807) is 17.4 Å². The second kappa shape index (κ2) is 8.11. The summed E-state index contributed by atoms with van der Waals surface area (Å²) in [5.41, 5.74) is 0.880. The van der Waals surface area contributed by atoms with Crippen LogP contribution in [0.25, 0.3) is 21.0 Å². The number of carbonyl (C=O) groups is 1. The van der Waals surface area contributed by atoms with Crippen molar-refractivity contribution >= 4 is 33.1 Å². The molecule has 8 nitrogen and oxygen atoms in total. The molecule has 0 saturated heterocycles. The van der Waals surface area contributed by atoms with Gasteiger partial charge in [-0.15, -0.1) is 11.3 Å². The first-order valence-electron chi connectivity index (χ1n) is 8.67. The lowest BCUT2D eigenvalue weighted by molar-refractivity contribution is -0.384. The summed E-state index contributed by atoms with van der Waals surface area (Å²) in [6.07, 6.45) is 0. The number of nitro benzene ring substituents is 1. The molecule has 1 amide bonds. The largest absolute Gasteiger partial charge is 0.484 e. The number of amides is 1. The van der Waals surface area contributed by atoms with Gasteiger partial charge in [-0.1, -0.05) is 12.1 Å². The van der Waals surface area contributed by atoms with Crippen LogP contribution >= 0.6 is 11.3 Å². The third-order valence-corrected chi connectivity index (χ3v) is 5.09. The lowest BCUT2D eigenvalue weighted by atomic mass is 10.3. The van der Waals surface area contributed by atoms with E-state index in [0.29, 0.717) is 17.3 Å². The Morgan fingerprint density at radius 2 is 1.93 bits per heavy atom. The summed E-state index contributed by atoms with van der Waals surface area (Å²) in [7, 11) is 0. The first-order valence-corrected chi connectivity index (χ1v) is 9.49. The Balaban J connectivity index is 1.30. The number of thiazole rings is 1. The van der Waals surface area contributed by atoms with Gasteiger partial charge in [-0.3, -0.25) is 14.9 Å². The molecule has 0 aliphatic rings. The smallest absolute Gasteiger partial charge is 0.269 e. The standard InChI is InChI=1S/C20H15N3O5S/c24-19(12-27-14-7-5-13(6-8-14)23(25)26)21-11-15-9-10-17(28-15)20-22-16-3-1-2-4-18(16)29-20/h1-10H,11-12H2,(H,21,24). The maximum atomic E-state index is 12.0. The van der Waals surface area contributed by atoms with Gasteiger partial charge in [0.1, 0.15) is 11.5 Å². The van der Waals surface area contributed by atoms with Gasteiger partial charge < -0.3 is 14.5 Å². The molecular formula is C20H15N3O5S. The van der Waals surface area contributed by atoms with Crippen molar-refractivity contribution in [2.24, 2.45) is 0 Å². The predicted octanol–water partition coefficient (Wildman–Crippen LogP) is 4.16. The average Bonchev–Trinajstić information content (AvgIpc) is 3.37. The Morgan fingerprint density at radius 3 is 2.69 bits per heavy atom. The summed E-state index contributed by atoms with van der Waals surface area (Å²) in [6.45, 7) is 0.0105. The summed E-state index contributed by atoms with van der Waals surface area (Å²) in [5.74, 6) is 1.30. The van der Waals surface area contributed by atoms with Gasteiger partial charge >= 0.3 is 0 Å². The van der Waals surface area contributed by atoms with Crippen LogP contribution in [0, 0.1) is 10.1 Å². The number of carbonyl (C=O) groups excluding carboxylic acids is 1. The minimum Gasteiger partial charge on any atom is -0.484 e. The van der Waals surface area contributed by atoms with E-state index >= 15 is 0 Å². The molecule has 2 aromatic heterocycles. The zero-order chi connectivity index (χ0) is 20.2. The van der Waals surface area contributed by atoms with Crippen molar-refractivity contribution < 1.29 is 18.9 Å². The number of hydrogen-bond donors (Lipinski definition) is 1. The fraction of sp³-hybridized carbons (Fsp3) is 0.100. The number of rotatable bonds is 7. The first-order chi connectivity index (χ1) is 14.1. The van der Waals surface area contributed by atoms with Crippen LogP contribution in [0.4, 0.5) is 5.69 Å². The molecule has 0 bridgehead atoms. The molecule has 0 aliphatic carbocycles. The number of nitrogens with one attached hydrogen (secondary N) is 1. The van der Waals surface area contributed by atoms with Gasteiger partial charge in [0.05, 0.1) is 21.7 Å². The zero-order valence-corrected chi connectivity index (χ0v) is 15.8. The molecule has 9 heteroatoms. The summed E-state index contributed by atoms with van der Waals surface area (Å²) in [4.78, 5) is 26.6. The molecule has 2 heterocycles. The number of hydrogen-bond acceptors (Lipinski definition) is 7. The number of para-hydroxylation sites is 1. The van der Waals surface area contributed by atoms with E-state index < -0.39 is 4.92 Å². The van der Waals surface area contributed by atoms with Crippen LogP contribution in [-0.2, 0) is 11.3 Å². The summed E-state index contributed by atoms with van der Waals surface area (Å²) >= 11 is 1.54. The van der Waals surface area contributed by atoms with Crippen molar-refractivity contribution in [2.45, 2.75) is 6.54 Å². The number of aromatic nitrogens is 1. The maximum absolute atomic E-state index is 12.0. The van der Waals surface area contributed by atoms with Crippen LogP contribution in [-0.4, -0.2) is 22.4 Å². The van der Waals surface area contributed by atoms with Gasteiger partial charge in [-0.2, -0.15) is 0 Å². The molecule has 0 aliphatic heterocycles. The minimum absolute atomic E-state index is 0.0384. The van der Waals surface area contributed by atoms with E-state index in [9.17, 15) is 14.9 Å². The van der Waals surface area contributed by atoms with Crippen LogP contribution < -0.4 is 10.1 Å². The molecular weight excluding hydrogens is 394 g/mol. The molecule has 29 heavy (non-hydrogen) atoms. The zero-order valence-electron chi connectivity index (χ0n) is 15.0. The van der Waals surface area contributed by atoms with E-state index in [0.717, 1.165) is 15.2 Å². The Labute approximate surface area is 168 Å². The normalized spacial score (nSPS) is 10.8. The molecule has 0 spiro atoms. The van der Waals surface area contributed by atoms with Crippen molar-refractivity contribution in [3.63, 3.8) is 0 Å². The molecule has 1 N–H and O–H groups in total. The lowest BCUT2D eigenvalue weighted by Gasteiger charge is -2.06. The van der Waals surface area contributed by atoms with Gasteiger partial charge in [0, 0.05) is 12.1 Å². The van der Waals surface area contributed by atoms with Gasteiger partial charge in [0.15, 0.2) is 17.4 Å². The molecule has 0 fully saturated rings. The number of non-ortho nitro benzene ring substituents is 1. The van der Waals surface area contributed by atoms with E-state index in [1.165, 1.54) is 24.3 Å². The van der Waals surface area contributed by atoms with Crippen molar-refractivity contribution in [2.75, 3.05) is 6.61 Å². The van der Waals surface area contributed by atoms with Crippen LogP contribution in [0.5, 0.6) is 5.75 Å². The lowest BCUT2D eigenvalue weighted by Crippen LogP contribution is -2.28. The number of nitrogens with zero attached hydrogens (tertiary/aromatic N) is 2. The molecule has 0 unspecified atom stereocenters. The number of furan rings is 1. The molecule has 4 aromatic rings. The third-order valence-electron chi connectivity index (χ3n) is 4.04. The summed E-state index contributed by atoms with van der Waals surface area (Å²) < 4.78 is 12.2. The van der Waals surface area contributed by atoms with Gasteiger partial charge in [0.2, 0.25) is 0 Å². The topological polar surface area (TPSA) is 108 Å². The van der Waals surface area contributed by atoms with Crippen LogP contribution in [0.2, 0.25) is 0 Å². The second-order valence-corrected chi connectivity index (χ2v) is 7.10. The third kappa shape index (κ3) is 4.41. The van der Waals surface area contributed by atoms with E-state index in [2.05, 4.69) is 10.3 Å². The van der Waals surface area contributed by atoms with Crippen molar-refractivity contribution in [3.05, 3.63) is 76.5 Å². The Kier molecular flexibility index (Phi) is 5.21. The van der Waals surface area contributed by atoms with Crippen molar-refractivity contribution in [3.8, 4) is 16.5 Å². The van der Waals surface area contributed by atoms with Crippen LogP contribution in [0.1, 0.15) is 5.76 Å². The van der Waals surface area contributed by atoms with E-state index in [4.69, 9.17) is 9.15 Å². The van der Waals surface area contributed by atoms with Gasteiger partial charge in [-0.05, 0) is 36.4 Å². The predicted molar refractivity (Wildman–Crippen MR) is 108 cm³/mol. The maximum Gasteiger partial charge on any atom is 0.269 e. The Morgan fingerprint density at radius 1 is 1.14 bits per heavy atom. The fourth-order valence-electron chi connectivity index (χ4n) is 2.62. The highest BCUT2D eigenvalue weighted by atomic mass is 32.1. The summed E-state index contributed by atoms with van der Waals surface area (Å²) in [5, 5.41) is 14.1. The average molecular weight is 409 g/mol. The number of nitro groups is 1. The highest BCUT2D eigenvalue weighted by Gasteiger charge is 2.11. The number of ether oxygens (including phenoxy) is 1. The summed E-state index contributed by atoms with van der Waals surface area (Å²) in [6, 6.07) is 17.0. The SMILES string of the molecule is O=C(COc1ccc([N+](=O)[O-])cc1)NCc1ccc(-c2nc3ccccc3s2)o1. The van der Waals surface area contributed by atoms with Crippen LogP contribution in [0.15, 0.2) is 65.1 Å². The van der Waals surface area contributed by atoms with Gasteiger partial charge in [0.25, 0.3) is 11.6 Å². The quantitative estimate of drug-likeness (QED) is 0.363. The van der Waals surface area contributed by atoms with Crippen molar-refractivity contribution in [1.82, 2.24) is 10.3 Å². The molecule has 2 aromatic carbocycles. The monoisotopic (exact) mass is 409 g/mol. The first kappa shape index (κ1) is 18.6. The Bertz CT molecular complexity index is 1130. The fourth-order valence-corrected chi connectivity index (χ4v) is 3.54. The molecule has 0 radical (unpaired) electrons. The highest BCUT2D eigenvalue weighted by Crippen LogP contribution is 2.31. The Hall–Kier alpha value is -3.72. The molecule has 0 atom stereocenters. The van der Waals surface area contributed by atoms with Crippen molar-refractivity contribution in [1.29, 1.82) is 0 Å². The van der Waals surface area contributed by atoms with E-state index in [-0.39, 0.29) is 24.7 Å². The van der Waals surface area contributed by atoms with Gasteiger partial charge in [-0.25, -0.2) is 4.98 Å². The number of fused-ring (bicyclic) bond motifs is 1. The molecule has 4 rings (SSSR count). The molecule has 146 valence electrons. The molecule has 0 saturated carbocycles. The second-order valence-electron chi connectivity index (χ2n) is 6.07. The van der Waals surface area contributed by atoms with E-state index in [1.807, 2.05) is 30.3 Å². The number of benzene rings is 2. The highest BCUT2D eigenvalue weighted by molar-refractivity contribution is 7.21.